The fourth-order valence-corrected chi connectivity index (χ4v) is 3.40. The Hall–Kier alpha value is -2.18. The maximum Gasteiger partial charge on any atom is 0.340 e. The van der Waals surface area contributed by atoms with Gasteiger partial charge in [0.2, 0.25) is 0 Å². The van der Waals surface area contributed by atoms with Crippen molar-refractivity contribution in [3.63, 3.8) is 0 Å². The molecule has 0 N–H and O–H groups in total. The number of fused-ring (bicyclic) bond motifs is 1. The monoisotopic (exact) mass is 407 g/mol. The van der Waals surface area contributed by atoms with Crippen molar-refractivity contribution in [2.75, 3.05) is 0 Å². The fraction of sp³-hybridized carbons (Fsp3) is 0.118. The van der Waals surface area contributed by atoms with Gasteiger partial charge in [-0.3, -0.25) is 10.1 Å². The van der Waals surface area contributed by atoms with Gasteiger partial charge in [0.25, 0.3) is 5.69 Å². The smallest absolute Gasteiger partial charge is 0.340 e. The molecule has 0 unspecified atom stereocenters. The summed E-state index contributed by atoms with van der Waals surface area (Å²) in [5.74, 6) is 0. The van der Waals surface area contributed by atoms with Crippen LogP contribution in [0.1, 0.15) is 16.7 Å². The van der Waals surface area contributed by atoms with Gasteiger partial charge in [-0.15, -0.1) is 0 Å². The standard InChI is InChI=1S/C17H11BrClNO4/c18-9-15-13-8-11(19)4-5-16(13)24-17(21)14(15)7-10-2-1-3-12(6-10)20(22)23/h1-6,8H,7,9H2. The van der Waals surface area contributed by atoms with Gasteiger partial charge in [-0.05, 0) is 29.3 Å². The SMILES string of the molecule is O=c1oc2ccc(Cl)cc2c(CBr)c1Cc1cccc([N+](=O)[O-])c1. The van der Waals surface area contributed by atoms with Gasteiger partial charge in [0.1, 0.15) is 5.58 Å². The lowest BCUT2D eigenvalue weighted by Gasteiger charge is -2.10. The van der Waals surface area contributed by atoms with Gasteiger partial charge in [-0.1, -0.05) is 39.7 Å². The first kappa shape index (κ1) is 16.7. The number of nitro groups is 1. The van der Waals surface area contributed by atoms with Gasteiger partial charge < -0.3 is 4.42 Å². The van der Waals surface area contributed by atoms with Gasteiger partial charge in [0.05, 0.1) is 4.92 Å². The van der Waals surface area contributed by atoms with Crippen LogP contribution in [0.5, 0.6) is 0 Å². The Balaban J connectivity index is 2.15. The van der Waals surface area contributed by atoms with E-state index in [1.807, 2.05) is 0 Å². The zero-order valence-corrected chi connectivity index (χ0v) is 14.6. The number of alkyl halides is 1. The van der Waals surface area contributed by atoms with E-state index in [4.69, 9.17) is 16.0 Å². The second-order valence-electron chi connectivity index (χ2n) is 5.22. The number of nitrogens with zero attached hydrogens (tertiary/aromatic N) is 1. The zero-order valence-electron chi connectivity index (χ0n) is 12.3. The largest absolute Gasteiger partial charge is 0.422 e. The van der Waals surface area contributed by atoms with Gasteiger partial charge in [-0.25, -0.2) is 4.79 Å². The number of nitro benzene ring substituents is 1. The van der Waals surface area contributed by atoms with Crippen molar-refractivity contribution in [1.82, 2.24) is 0 Å². The lowest BCUT2D eigenvalue weighted by atomic mass is 9.99. The molecular formula is C17H11BrClNO4. The first-order valence-corrected chi connectivity index (χ1v) is 8.53. The third kappa shape index (κ3) is 3.20. The Bertz CT molecular complexity index is 1000. The molecule has 0 radical (unpaired) electrons. The highest BCUT2D eigenvalue weighted by atomic mass is 79.9. The minimum atomic E-state index is -0.461. The summed E-state index contributed by atoms with van der Waals surface area (Å²) in [6, 6.07) is 11.3. The Morgan fingerprint density at radius 2 is 1.96 bits per heavy atom. The summed E-state index contributed by atoms with van der Waals surface area (Å²) in [7, 11) is 0. The topological polar surface area (TPSA) is 73.3 Å². The second kappa shape index (κ2) is 6.75. The molecule has 1 aromatic heterocycles. The molecule has 0 aliphatic rings. The van der Waals surface area contributed by atoms with Crippen molar-refractivity contribution in [1.29, 1.82) is 0 Å². The Labute approximate surface area is 150 Å². The highest BCUT2D eigenvalue weighted by Crippen LogP contribution is 2.27. The van der Waals surface area contributed by atoms with E-state index in [0.29, 0.717) is 27.1 Å². The molecule has 0 saturated heterocycles. The minimum absolute atomic E-state index is 0.0129. The first-order chi connectivity index (χ1) is 11.5. The van der Waals surface area contributed by atoms with Crippen LogP contribution in [0.25, 0.3) is 11.0 Å². The molecular weight excluding hydrogens is 398 g/mol. The predicted octanol–water partition coefficient (Wildman–Crippen LogP) is 4.84. The van der Waals surface area contributed by atoms with E-state index in [2.05, 4.69) is 15.9 Å². The van der Waals surface area contributed by atoms with Crippen molar-refractivity contribution in [3.8, 4) is 0 Å². The molecule has 0 aliphatic heterocycles. The molecule has 24 heavy (non-hydrogen) atoms. The molecule has 0 amide bonds. The van der Waals surface area contributed by atoms with Crippen molar-refractivity contribution in [3.05, 3.63) is 84.7 Å². The lowest BCUT2D eigenvalue weighted by molar-refractivity contribution is -0.384. The van der Waals surface area contributed by atoms with E-state index < -0.39 is 10.5 Å². The quantitative estimate of drug-likeness (QED) is 0.268. The number of non-ortho nitro benzene ring substituents is 1. The minimum Gasteiger partial charge on any atom is -0.422 e. The van der Waals surface area contributed by atoms with Crippen molar-refractivity contribution in [2.45, 2.75) is 11.8 Å². The van der Waals surface area contributed by atoms with E-state index in [-0.39, 0.29) is 12.1 Å². The average Bonchev–Trinajstić information content (AvgIpc) is 2.56. The molecule has 3 rings (SSSR count). The van der Waals surface area contributed by atoms with Gasteiger partial charge in [0, 0.05) is 39.9 Å². The van der Waals surface area contributed by atoms with Gasteiger partial charge >= 0.3 is 5.63 Å². The zero-order chi connectivity index (χ0) is 17.3. The van der Waals surface area contributed by atoms with E-state index in [0.717, 1.165) is 10.9 Å². The summed E-state index contributed by atoms with van der Waals surface area (Å²) in [6.07, 6.45) is 0.243. The van der Waals surface area contributed by atoms with E-state index in [1.54, 1.807) is 30.3 Å². The Kier molecular flexibility index (Phi) is 4.69. The third-order valence-electron chi connectivity index (χ3n) is 3.72. The molecule has 0 aliphatic carbocycles. The molecule has 0 atom stereocenters. The normalized spacial score (nSPS) is 10.9. The van der Waals surface area contributed by atoms with Crippen LogP contribution in [0.3, 0.4) is 0 Å². The van der Waals surface area contributed by atoms with Crippen LogP contribution in [0.4, 0.5) is 5.69 Å². The van der Waals surface area contributed by atoms with Crippen LogP contribution in [0.15, 0.2) is 51.7 Å². The highest BCUT2D eigenvalue weighted by Gasteiger charge is 2.16. The van der Waals surface area contributed by atoms with Crippen LogP contribution >= 0.6 is 27.5 Å². The molecule has 5 nitrogen and oxygen atoms in total. The summed E-state index contributed by atoms with van der Waals surface area (Å²) in [5.41, 5.74) is 1.89. The summed E-state index contributed by atoms with van der Waals surface area (Å²) < 4.78 is 5.37. The van der Waals surface area contributed by atoms with Crippen molar-refractivity contribution in [2.24, 2.45) is 0 Å². The maximum absolute atomic E-state index is 12.4. The average molecular weight is 409 g/mol. The lowest BCUT2D eigenvalue weighted by Crippen LogP contribution is -2.12. The fourth-order valence-electron chi connectivity index (χ4n) is 2.59. The second-order valence-corrected chi connectivity index (χ2v) is 6.22. The number of benzene rings is 2. The number of hydrogen-bond donors (Lipinski definition) is 0. The summed E-state index contributed by atoms with van der Waals surface area (Å²) in [5, 5.41) is 12.6. The van der Waals surface area contributed by atoms with E-state index in [1.165, 1.54) is 12.1 Å². The van der Waals surface area contributed by atoms with Crippen LogP contribution in [0, 0.1) is 10.1 Å². The van der Waals surface area contributed by atoms with Crippen molar-refractivity contribution >= 4 is 44.2 Å². The summed E-state index contributed by atoms with van der Waals surface area (Å²) >= 11 is 9.45. The number of halogens is 2. The van der Waals surface area contributed by atoms with Crippen LogP contribution < -0.4 is 5.63 Å². The summed E-state index contributed by atoms with van der Waals surface area (Å²) in [6.45, 7) is 0. The molecule has 122 valence electrons. The van der Waals surface area contributed by atoms with Crippen LogP contribution in [-0.4, -0.2) is 4.92 Å². The van der Waals surface area contributed by atoms with Gasteiger partial charge in [0.15, 0.2) is 0 Å². The Morgan fingerprint density at radius 1 is 1.17 bits per heavy atom. The molecule has 0 saturated carbocycles. The molecule has 1 heterocycles. The number of rotatable bonds is 4. The molecule has 2 aromatic carbocycles. The molecule has 0 bridgehead atoms. The first-order valence-electron chi connectivity index (χ1n) is 7.03. The third-order valence-corrected chi connectivity index (χ3v) is 4.51. The van der Waals surface area contributed by atoms with Crippen LogP contribution in [-0.2, 0) is 11.8 Å². The predicted molar refractivity (Wildman–Crippen MR) is 96.0 cm³/mol. The molecule has 3 aromatic rings. The number of hydrogen-bond acceptors (Lipinski definition) is 4. The van der Waals surface area contributed by atoms with Crippen molar-refractivity contribution < 1.29 is 9.34 Å². The maximum atomic E-state index is 12.4. The van der Waals surface area contributed by atoms with E-state index in [9.17, 15) is 14.9 Å². The van der Waals surface area contributed by atoms with Crippen LogP contribution in [0.2, 0.25) is 5.02 Å². The molecule has 0 spiro atoms. The van der Waals surface area contributed by atoms with E-state index >= 15 is 0 Å². The summed E-state index contributed by atoms with van der Waals surface area (Å²) in [4.78, 5) is 22.8. The Morgan fingerprint density at radius 3 is 2.67 bits per heavy atom. The highest BCUT2D eigenvalue weighted by molar-refractivity contribution is 9.08. The molecule has 7 heteroatoms. The molecule has 0 fully saturated rings. The van der Waals surface area contributed by atoms with Gasteiger partial charge in [-0.2, -0.15) is 0 Å².